The highest BCUT2D eigenvalue weighted by atomic mass is 32.1. The Bertz CT molecular complexity index is 979. The molecule has 0 fully saturated rings. The summed E-state index contributed by atoms with van der Waals surface area (Å²) in [5.41, 5.74) is 9.33. The van der Waals surface area contributed by atoms with Gasteiger partial charge in [0.15, 0.2) is 5.69 Å². The lowest BCUT2D eigenvalue weighted by Gasteiger charge is -2.10. The molecule has 0 bridgehead atoms. The summed E-state index contributed by atoms with van der Waals surface area (Å²) in [6.07, 6.45) is 0.714. The maximum atomic E-state index is 12.8. The molecule has 5 N–H and O–H groups in total. The number of benzene rings is 1. The molecular weight excluding hydrogens is 374 g/mol. The summed E-state index contributed by atoms with van der Waals surface area (Å²) < 4.78 is 0. The Balaban J connectivity index is 1.77. The minimum absolute atomic E-state index is 0.195. The number of carbonyl (C=O) groups excluding carboxylic acids is 2. The first kappa shape index (κ1) is 19.8. The smallest absolute Gasteiger partial charge is 0.276 e. The van der Waals surface area contributed by atoms with E-state index in [0.29, 0.717) is 36.5 Å². The van der Waals surface area contributed by atoms with E-state index in [1.165, 1.54) is 0 Å². The van der Waals surface area contributed by atoms with Crippen LogP contribution in [0.5, 0.6) is 0 Å². The summed E-state index contributed by atoms with van der Waals surface area (Å²) >= 11 is 1.58. The lowest BCUT2D eigenvalue weighted by atomic mass is 10.1. The van der Waals surface area contributed by atoms with Crippen LogP contribution in [0.1, 0.15) is 38.4 Å². The van der Waals surface area contributed by atoms with E-state index in [1.54, 1.807) is 23.5 Å². The van der Waals surface area contributed by atoms with E-state index in [-0.39, 0.29) is 11.8 Å². The molecule has 0 saturated heterocycles. The number of amides is 2. The van der Waals surface area contributed by atoms with E-state index in [1.807, 2.05) is 37.4 Å². The van der Waals surface area contributed by atoms with Crippen molar-refractivity contribution in [1.29, 1.82) is 0 Å². The molecule has 0 radical (unpaired) electrons. The van der Waals surface area contributed by atoms with E-state index in [9.17, 15) is 9.59 Å². The van der Waals surface area contributed by atoms with Gasteiger partial charge in [-0.1, -0.05) is 12.1 Å². The fourth-order valence-electron chi connectivity index (χ4n) is 2.77. The molecule has 3 rings (SSSR count). The van der Waals surface area contributed by atoms with Crippen molar-refractivity contribution in [2.45, 2.75) is 20.3 Å². The molecule has 0 aliphatic carbocycles. The first-order valence-corrected chi connectivity index (χ1v) is 9.88. The standard InChI is InChI=1S/C20H23N5O2S/c1-12-6-7-14(19(26)22-9-4-8-21)11-15(12)23-20(27)18-13(2)17(24-25-18)16-5-3-10-28-16/h3,5-7,10-11H,4,8-9,21H2,1-2H3,(H,22,26)(H,23,27)(H,24,25). The van der Waals surface area contributed by atoms with Gasteiger partial charge in [0.05, 0.1) is 10.6 Å². The van der Waals surface area contributed by atoms with Crippen LogP contribution in [0.4, 0.5) is 5.69 Å². The van der Waals surface area contributed by atoms with E-state index >= 15 is 0 Å². The second kappa shape index (κ2) is 8.81. The molecule has 2 heterocycles. The number of carbonyl (C=O) groups is 2. The van der Waals surface area contributed by atoms with Crippen LogP contribution in [-0.2, 0) is 0 Å². The summed E-state index contributed by atoms with van der Waals surface area (Å²) in [7, 11) is 0. The molecule has 0 aliphatic rings. The average Bonchev–Trinajstić information content (AvgIpc) is 3.33. The summed E-state index contributed by atoms with van der Waals surface area (Å²) in [6.45, 7) is 4.77. The highest BCUT2D eigenvalue weighted by molar-refractivity contribution is 7.13. The maximum absolute atomic E-state index is 12.8. The zero-order chi connectivity index (χ0) is 20.1. The lowest BCUT2D eigenvalue weighted by molar-refractivity contribution is 0.0952. The van der Waals surface area contributed by atoms with E-state index in [4.69, 9.17) is 5.73 Å². The molecule has 7 nitrogen and oxygen atoms in total. The number of hydrogen-bond donors (Lipinski definition) is 4. The largest absolute Gasteiger partial charge is 0.352 e. The molecule has 0 aliphatic heterocycles. The maximum Gasteiger partial charge on any atom is 0.276 e. The van der Waals surface area contributed by atoms with Crippen molar-refractivity contribution in [2.75, 3.05) is 18.4 Å². The number of hydrogen-bond acceptors (Lipinski definition) is 5. The van der Waals surface area contributed by atoms with Crippen molar-refractivity contribution in [3.05, 3.63) is 58.1 Å². The van der Waals surface area contributed by atoms with Crippen LogP contribution in [0.2, 0.25) is 0 Å². The number of nitrogens with zero attached hydrogens (tertiary/aromatic N) is 1. The third-order valence-electron chi connectivity index (χ3n) is 4.41. The highest BCUT2D eigenvalue weighted by Crippen LogP contribution is 2.28. The third kappa shape index (κ3) is 4.29. The quantitative estimate of drug-likeness (QED) is 0.459. The van der Waals surface area contributed by atoms with Gasteiger partial charge in [-0.3, -0.25) is 14.7 Å². The summed E-state index contributed by atoms with van der Waals surface area (Å²) in [5, 5.41) is 14.8. The van der Waals surface area contributed by atoms with Gasteiger partial charge in [0.2, 0.25) is 0 Å². The first-order valence-electron chi connectivity index (χ1n) is 9.00. The Kier molecular flexibility index (Phi) is 6.23. The molecule has 0 atom stereocenters. The second-order valence-corrected chi connectivity index (χ2v) is 7.38. The SMILES string of the molecule is Cc1ccc(C(=O)NCCCN)cc1NC(=O)c1n[nH]c(-c2cccs2)c1C. The van der Waals surface area contributed by atoms with Gasteiger partial charge in [-0.2, -0.15) is 5.10 Å². The summed E-state index contributed by atoms with van der Waals surface area (Å²) in [4.78, 5) is 26.0. The fraction of sp³-hybridized carbons (Fsp3) is 0.250. The Morgan fingerprint density at radius 2 is 2.04 bits per heavy atom. The van der Waals surface area contributed by atoms with Crippen molar-refractivity contribution >= 4 is 28.8 Å². The lowest BCUT2D eigenvalue weighted by Crippen LogP contribution is -2.26. The van der Waals surface area contributed by atoms with Crippen LogP contribution >= 0.6 is 11.3 Å². The average molecular weight is 398 g/mol. The topological polar surface area (TPSA) is 113 Å². The molecule has 3 aromatic rings. The molecule has 28 heavy (non-hydrogen) atoms. The van der Waals surface area contributed by atoms with E-state index in [0.717, 1.165) is 21.7 Å². The number of aryl methyl sites for hydroxylation is 1. The van der Waals surface area contributed by atoms with Gasteiger partial charge in [0, 0.05) is 23.4 Å². The number of anilines is 1. The molecule has 0 unspecified atom stereocenters. The van der Waals surface area contributed by atoms with Crippen LogP contribution < -0.4 is 16.4 Å². The molecule has 8 heteroatoms. The van der Waals surface area contributed by atoms with E-state index in [2.05, 4.69) is 20.8 Å². The number of thiophene rings is 1. The number of aromatic nitrogens is 2. The van der Waals surface area contributed by atoms with Crippen molar-refractivity contribution in [3.8, 4) is 10.6 Å². The van der Waals surface area contributed by atoms with Crippen molar-refractivity contribution < 1.29 is 9.59 Å². The van der Waals surface area contributed by atoms with Gasteiger partial charge in [0.25, 0.3) is 11.8 Å². The highest BCUT2D eigenvalue weighted by Gasteiger charge is 2.19. The van der Waals surface area contributed by atoms with Crippen molar-refractivity contribution in [1.82, 2.24) is 15.5 Å². The minimum atomic E-state index is -0.319. The molecule has 0 spiro atoms. The summed E-state index contributed by atoms with van der Waals surface area (Å²) in [5.74, 6) is -0.514. The molecule has 146 valence electrons. The zero-order valence-electron chi connectivity index (χ0n) is 15.8. The monoisotopic (exact) mass is 397 g/mol. The van der Waals surface area contributed by atoms with Gasteiger partial charge in [-0.05, 0) is 56.0 Å². The molecule has 2 aromatic heterocycles. The van der Waals surface area contributed by atoms with Crippen LogP contribution in [0.15, 0.2) is 35.7 Å². The molecule has 1 aromatic carbocycles. The molecular formula is C20H23N5O2S. The third-order valence-corrected chi connectivity index (χ3v) is 5.29. The Labute approximate surface area is 167 Å². The van der Waals surface area contributed by atoms with Gasteiger partial charge < -0.3 is 16.4 Å². The van der Waals surface area contributed by atoms with Crippen molar-refractivity contribution in [2.24, 2.45) is 5.73 Å². The van der Waals surface area contributed by atoms with Crippen molar-refractivity contribution in [3.63, 3.8) is 0 Å². The minimum Gasteiger partial charge on any atom is -0.352 e. The second-order valence-electron chi connectivity index (χ2n) is 6.43. The number of rotatable bonds is 7. The zero-order valence-corrected chi connectivity index (χ0v) is 16.7. The summed E-state index contributed by atoms with van der Waals surface area (Å²) in [6, 6.07) is 9.14. The predicted molar refractivity (Wildman–Crippen MR) is 112 cm³/mol. The van der Waals surface area contributed by atoms with Crippen LogP contribution in [0.3, 0.4) is 0 Å². The fourth-order valence-corrected chi connectivity index (χ4v) is 3.54. The number of nitrogens with two attached hydrogens (primary N) is 1. The van der Waals surface area contributed by atoms with E-state index < -0.39 is 0 Å². The normalized spacial score (nSPS) is 10.7. The van der Waals surface area contributed by atoms with Gasteiger partial charge in [-0.15, -0.1) is 11.3 Å². The van der Waals surface area contributed by atoms with Gasteiger partial charge in [0.1, 0.15) is 0 Å². The number of H-pyrrole nitrogens is 1. The molecule has 2 amide bonds. The Morgan fingerprint density at radius 3 is 2.75 bits per heavy atom. The first-order chi connectivity index (χ1) is 13.5. The van der Waals surface area contributed by atoms with Gasteiger partial charge in [-0.25, -0.2) is 0 Å². The van der Waals surface area contributed by atoms with Crippen LogP contribution in [0.25, 0.3) is 10.6 Å². The van der Waals surface area contributed by atoms with Crippen LogP contribution in [0, 0.1) is 13.8 Å². The molecule has 0 saturated carbocycles. The Hall–Kier alpha value is -2.97. The van der Waals surface area contributed by atoms with Gasteiger partial charge >= 0.3 is 0 Å². The Morgan fingerprint density at radius 1 is 1.21 bits per heavy atom. The van der Waals surface area contributed by atoms with Crippen LogP contribution in [-0.4, -0.2) is 35.1 Å². The predicted octanol–water partition coefficient (Wildman–Crippen LogP) is 3.09. The number of aromatic amines is 1. The number of nitrogens with one attached hydrogen (secondary N) is 3.